The zero-order valence-electron chi connectivity index (χ0n) is 12.6. The number of hydrogen-bond donors (Lipinski definition) is 2. The van der Waals surface area contributed by atoms with Gasteiger partial charge in [-0.1, -0.05) is 12.1 Å². The second-order valence-electron chi connectivity index (χ2n) is 6.88. The van der Waals surface area contributed by atoms with Gasteiger partial charge in [0.25, 0.3) is 0 Å². The van der Waals surface area contributed by atoms with Crippen LogP contribution >= 0.6 is 0 Å². The van der Waals surface area contributed by atoms with Crippen LogP contribution in [-0.4, -0.2) is 64.2 Å². The molecule has 0 aliphatic carbocycles. The van der Waals surface area contributed by atoms with Crippen LogP contribution in [-0.2, 0) is 4.79 Å². The fourth-order valence-corrected chi connectivity index (χ4v) is 4.94. The maximum absolute atomic E-state index is 11.2. The predicted molar refractivity (Wildman–Crippen MR) is 81.9 cm³/mol. The summed E-state index contributed by atoms with van der Waals surface area (Å²) >= 11 is 0. The summed E-state index contributed by atoms with van der Waals surface area (Å²) in [6.07, 6.45) is 2.37. The molecule has 0 spiro atoms. The van der Waals surface area contributed by atoms with E-state index in [2.05, 4.69) is 15.9 Å². The highest BCUT2D eigenvalue weighted by Gasteiger charge is 2.53. The van der Waals surface area contributed by atoms with Gasteiger partial charge in [-0.05, 0) is 49.5 Å². The molecule has 4 saturated heterocycles. The highest BCUT2D eigenvalue weighted by molar-refractivity contribution is 5.69. The van der Waals surface area contributed by atoms with Gasteiger partial charge in [0.05, 0.1) is 6.54 Å². The standard InChI is InChI=1S/C17H22N2O3/c20-13-3-1-2-12(8-13)14-9-19(10-15(21)22)16-11-4-6-18(7-5-11)17(14)16/h1-3,8,11,14,16-17,20H,4-7,9-10H2,(H,21,22)/t14-,16+,17+/m0/s1. The maximum Gasteiger partial charge on any atom is 0.317 e. The lowest BCUT2D eigenvalue weighted by molar-refractivity contribution is -0.139. The molecule has 4 aliphatic rings. The van der Waals surface area contributed by atoms with Gasteiger partial charge in [-0.2, -0.15) is 0 Å². The van der Waals surface area contributed by atoms with Crippen LogP contribution in [0.5, 0.6) is 5.75 Å². The Morgan fingerprint density at radius 1 is 1.23 bits per heavy atom. The summed E-state index contributed by atoms with van der Waals surface area (Å²) in [7, 11) is 0. The third kappa shape index (κ3) is 2.20. The van der Waals surface area contributed by atoms with E-state index in [1.165, 1.54) is 12.8 Å². The van der Waals surface area contributed by atoms with Gasteiger partial charge in [0, 0.05) is 24.5 Å². The predicted octanol–water partition coefficient (Wildman–Crippen LogP) is 1.34. The fraction of sp³-hybridized carbons (Fsp3) is 0.588. The Labute approximate surface area is 130 Å². The Morgan fingerprint density at radius 3 is 2.68 bits per heavy atom. The van der Waals surface area contributed by atoms with Crippen molar-refractivity contribution in [3.63, 3.8) is 0 Å². The minimum absolute atomic E-state index is 0.126. The number of aliphatic carboxylic acids is 1. The van der Waals surface area contributed by atoms with Gasteiger partial charge in [0.15, 0.2) is 0 Å². The van der Waals surface area contributed by atoms with Gasteiger partial charge in [0.2, 0.25) is 0 Å². The molecular formula is C17H22N2O3. The van der Waals surface area contributed by atoms with Gasteiger partial charge >= 0.3 is 5.97 Å². The first-order chi connectivity index (χ1) is 10.6. The van der Waals surface area contributed by atoms with E-state index in [4.69, 9.17) is 0 Å². The smallest absolute Gasteiger partial charge is 0.317 e. The van der Waals surface area contributed by atoms with Crippen molar-refractivity contribution in [2.45, 2.75) is 30.8 Å². The van der Waals surface area contributed by atoms with Crippen molar-refractivity contribution in [2.75, 3.05) is 26.2 Å². The third-order valence-electron chi connectivity index (χ3n) is 5.73. The molecule has 5 heteroatoms. The number of carboxylic acid groups (broad SMARTS) is 1. The molecular weight excluding hydrogens is 280 g/mol. The molecule has 0 radical (unpaired) electrons. The highest BCUT2D eigenvalue weighted by atomic mass is 16.4. The van der Waals surface area contributed by atoms with Crippen LogP contribution in [0.4, 0.5) is 0 Å². The number of nitrogens with zero attached hydrogens (tertiary/aromatic N) is 2. The van der Waals surface area contributed by atoms with Crippen molar-refractivity contribution in [1.29, 1.82) is 0 Å². The lowest BCUT2D eigenvalue weighted by Gasteiger charge is -2.51. The number of carbonyl (C=O) groups is 1. The van der Waals surface area contributed by atoms with Crippen LogP contribution in [0.2, 0.25) is 0 Å². The monoisotopic (exact) mass is 302 g/mol. The van der Waals surface area contributed by atoms with E-state index in [1.54, 1.807) is 6.07 Å². The van der Waals surface area contributed by atoms with Crippen molar-refractivity contribution in [3.05, 3.63) is 29.8 Å². The summed E-state index contributed by atoms with van der Waals surface area (Å²) in [5.41, 5.74) is 1.13. The summed E-state index contributed by atoms with van der Waals surface area (Å²) in [4.78, 5) is 15.9. The van der Waals surface area contributed by atoms with Crippen molar-refractivity contribution in [3.8, 4) is 5.75 Å². The lowest BCUT2D eigenvalue weighted by Crippen LogP contribution is -2.60. The Morgan fingerprint density at radius 2 is 2.00 bits per heavy atom. The number of phenolic OH excluding ortho intramolecular Hbond substituents is 1. The van der Waals surface area contributed by atoms with Crippen LogP contribution in [0.3, 0.4) is 0 Å². The third-order valence-corrected chi connectivity index (χ3v) is 5.73. The molecule has 22 heavy (non-hydrogen) atoms. The van der Waals surface area contributed by atoms with E-state index < -0.39 is 5.97 Å². The summed E-state index contributed by atoms with van der Waals surface area (Å²) in [6, 6.07) is 8.23. The van der Waals surface area contributed by atoms with E-state index in [9.17, 15) is 15.0 Å². The minimum atomic E-state index is -0.744. The normalized spacial score (nSPS) is 37.2. The number of fused-ring (bicyclic) bond motifs is 2. The Kier molecular flexibility index (Phi) is 3.35. The van der Waals surface area contributed by atoms with Gasteiger partial charge in [-0.25, -0.2) is 0 Å². The second kappa shape index (κ2) is 5.25. The summed E-state index contributed by atoms with van der Waals surface area (Å²) in [6.45, 7) is 3.16. The van der Waals surface area contributed by atoms with Crippen molar-refractivity contribution >= 4 is 5.97 Å². The lowest BCUT2D eigenvalue weighted by atomic mass is 9.75. The number of phenols is 1. The molecule has 0 amide bonds. The van der Waals surface area contributed by atoms with E-state index in [-0.39, 0.29) is 6.54 Å². The average Bonchev–Trinajstić information content (AvgIpc) is 2.89. The Hall–Kier alpha value is -1.59. The largest absolute Gasteiger partial charge is 0.508 e. The van der Waals surface area contributed by atoms with E-state index in [0.29, 0.717) is 29.7 Å². The summed E-state index contributed by atoms with van der Waals surface area (Å²) in [5, 5.41) is 19.0. The molecule has 118 valence electrons. The number of aromatic hydroxyl groups is 1. The van der Waals surface area contributed by atoms with Crippen molar-refractivity contribution < 1.29 is 15.0 Å². The quantitative estimate of drug-likeness (QED) is 0.882. The van der Waals surface area contributed by atoms with Crippen LogP contribution in [0.15, 0.2) is 24.3 Å². The van der Waals surface area contributed by atoms with E-state index in [1.807, 2.05) is 12.1 Å². The molecule has 0 aromatic heterocycles. The second-order valence-corrected chi connectivity index (χ2v) is 6.88. The molecule has 2 bridgehead atoms. The van der Waals surface area contributed by atoms with Crippen LogP contribution < -0.4 is 0 Å². The molecule has 1 aromatic rings. The number of benzene rings is 1. The molecule has 5 nitrogen and oxygen atoms in total. The van der Waals surface area contributed by atoms with Crippen molar-refractivity contribution in [1.82, 2.24) is 9.80 Å². The first kappa shape index (κ1) is 14.0. The molecule has 0 unspecified atom stereocenters. The number of carboxylic acids is 1. The topological polar surface area (TPSA) is 64.0 Å². The van der Waals surface area contributed by atoms with Gasteiger partial charge < -0.3 is 10.2 Å². The molecule has 0 saturated carbocycles. The molecule has 2 N–H and O–H groups in total. The fourth-order valence-electron chi connectivity index (χ4n) is 4.94. The van der Waals surface area contributed by atoms with Crippen LogP contribution in [0.1, 0.15) is 24.3 Å². The molecule has 4 heterocycles. The minimum Gasteiger partial charge on any atom is -0.508 e. The van der Waals surface area contributed by atoms with Crippen molar-refractivity contribution in [2.24, 2.45) is 5.92 Å². The molecule has 4 fully saturated rings. The molecule has 4 aliphatic heterocycles. The van der Waals surface area contributed by atoms with E-state index in [0.717, 1.165) is 25.2 Å². The van der Waals surface area contributed by atoms with Gasteiger partial charge in [0.1, 0.15) is 5.75 Å². The maximum atomic E-state index is 11.2. The first-order valence-electron chi connectivity index (χ1n) is 8.12. The SMILES string of the molecule is O=C(O)CN1C[C@@H](c2cccc(O)c2)[C@@H]2[C@H]1C1CCN2CC1. The molecule has 5 rings (SSSR count). The Bertz CT molecular complexity index is 583. The number of rotatable bonds is 3. The molecule has 1 aromatic carbocycles. The zero-order valence-corrected chi connectivity index (χ0v) is 12.6. The number of hydrogen-bond acceptors (Lipinski definition) is 4. The zero-order chi connectivity index (χ0) is 15.3. The molecule has 3 atom stereocenters. The number of piperidine rings is 3. The van der Waals surface area contributed by atoms with Crippen LogP contribution in [0.25, 0.3) is 0 Å². The first-order valence-corrected chi connectivity index (χ1v) is 8.12. The Balaban J connectivity index is 1.69. The van der Waals surface area contributed by atoms with Crippen LogP contribution in [0, 0.1) is 5.92 Å². The number of likely N-dealkylation sites (tertiary alicyclic amines) is 1. The summed E-state index contributed by atoms with van der Waals surface area (Å²) in [5.74, 6) is 0.463. The average molecular weight is 302 g/mol. The van der Waals surface area contributed by atoms with Gasteiger partial charge in [-0.3, -0.25) is 14.6 Å². The van der Waals surface area contributed by atoms with E-state index >= 15 is 0 Å². The summed E-state index contributed by atoms with van der Waals surface area (Å²) < 4.78 is 0. The van der Waals surface area contributed by atoms with Gasteiger partial charge in [-0.15, -0.1) is 0 Å². The highest BCUT2D eigenvalue weighted by Crippen LogP contribution is 2.46.